The highest BCUT2D eigenvalue weighted by Gasteiger charge is 2.32. The molecular formula is C52H84N8O2+2. The van der Waals surface area contributed by atoms with E-state index < -0.39 is 0 Å². The molecule has 0 amide bonds. The van der Waals surface area contributed by atoms with Crippen molar-refractivity contribution < 1.29 is 19.4 Å². The monoisotopic (exact) mass is 853 g/mol. The van der Waals surface area contributed by atoms with E-state index in [-0.39, 0.29) is 21.7 Å². The predicted molar refractivity (Wildman–Crippen MR) is 260 cm³/mol. The van der Waals surface area contributed by atoms with Gasteiger partial charge < -0.3 is 10.2 Å². The predicted octanol–water partition coefficient (Wildman–Crippen LogP) is 8.26. The molecule has 2 aromatic rings. The minimum absolute atomic E-state index is 0.0964. The van der Waals surface area contributed by atoms with Crippen LogP contribution in [0.15, 0.2) is 34.3 Å². The van der Waals surface area contributed by atoms with Gasteiger partial charge >= 0.3 is 11.9 Å². The molecule has 4 heterocycles. The van der Waals surface area contributed by atoms with Gasteiger partial charge in [-0.3, -0.25) is 39.6 Å². The number of phenolic OH excluding ortho intramolecular Hbond substituents is 2. The maximum Gasteiger partial charge on any atom is 0.348 e. The van der Waals surface area contributed by atoms with Crippen molar-refractivity contribution in [3.63, 3.8) is 0 Å². The third-order valence-corrected chi connectivity index (χ3v) is 13.3. The number of hydrogen-bond acceptors (Lipinski definition) is 8. The van der Waals surface area contributed by atoms with E-state index >= 15 is 0 Å². The summed E-state index contributed by atoms with van der Waals surface area (Å²) in [4.78, 5) is 15.8. The fraction of sp³-hybridized carbons (Fsp3) is 0.692. The first-order chi connectivity index (χ1) is 29.1. The third kappa shape index (κ3) is 11.5. The number of hydrogen-bond donors (Lipinski definition) is 4. The van der Waals surface area contributed by atoms with Crippen LogP contribution in [-0.4, -0.2) is 131 Å². The van der Waals surface area contributed by atoms with Crippen molar-refractivity contribution >= 4 is 23.3 Å². The minimum atomic E-state index is -0.238. The van der Waals surface area contributed by atoms with Crippen LogP contribution in [0.4, 0.5) is 0 Å². The zero-order valence-electron chi connectivity index (χ0n) is 41.0. The SMILES string of the molecule is CC(C)(C)c1cc(C(CCCN2CCC[N+]3=C2NCCC3)=NCCN=C(CCCN2CCC[N+]3=C2NCCC3)c2cc(C(C)(C)C)cc(C(C)(C)C)c2O)c(O)c(C(C)(C)C)c1. The van der Waals surface area contributed by atoms with Gasteiger partial charge in [-0.25, -0.2) is 0 Å². The molecule has 342 valence electrons. The van der Waals surface area contributed by atoms with Crippen molar-refractivity contribution in [3.8, 4) is 11.5 Å². The van der Waals surface area contributed by atoms with E-state index in [4.69, 9.17) is 9.98 Å². The van der Waals surface area contributed by atoms with Crippen LogP contribution < -0.4 is 10.6 Å². The van der Waals surface area contributed by atoms with Crippen LogP contribution >= 0.6 is 0 Å². The molecule has 4 aliphatic heterocycles. The quantitative estimate of drug-likeness (QED) is 0.0921. The van der Waals surface area contributed by atoms with E-state index in [0.29, 0.717) is 24.6 Å². The van der Waals surface area contributed by atoms with Crippen molar-refractivity contribution in [1.29, 1.82) is 0 Å². The molecule has 0 unspecified atom stereocenters. The molecule has 6 rings (SSSR count). The normalized spacial score (nSPS) is 18.5. The molecule has 0 radical (unpaired) electrons. The maximum atomic E-state index is 12.1. The lowest BCUT2D eigenvalue weighted by atomic mass is 9.78. The van der Waals surface area contributed by atoms with E-state index in [0.717, 1.165) is 125 Å². The number of phenols is 2. The Morgan fingerprint density at radius 3 is 1.27 bits per heavy atom. The van der Waals surface area contributed by atoms with Gasteiger partial charge in [0.2, 0.25) is 0 Å². The first kappa shape index (κ1) is 47.4. The highest BCUT2D eigenvalue weighted by atomic mass is 16.3. The molecule has 0 saturated heterocycles. The van der Waals surface area contributed by atoms with Crippen LogP contribution in [0.25, 0.3) is 0 Å². The van der Waals surface area contributed by atoms with Crippen LogP contribution in [-0.2, 0) is 21.7 Å². The van der Waals surface area contributed by atoms with Crippen LogP contribution in [0, 0.1) is 0 Å². The molecular weight excluding hydrogens is 769 g/mol. The molecule has 10 heteroatoms. The zero-order valence-corrected chi connectivity index (χ0v) is 41.0. The van der Waals surface area contributed by atoms with E-state index in [9.17, 15) is 10.2 Å². The van der Waals surface area contributed by atoms with E-state index in [1.165, 1.54) is 48.7 Å². The summed E-state index contributed by atoms with van der Waals surface area (Å²) in [6.07, 6.45) is 8.10. The zero-order chi connectivity index (χ0) is 45.0. The Morgan fingerprint density at radius 2 is 0.919 bits per heavy atom. The van der Waals surface area contributed by atoms with Crippen LogP contribution in [0.1, 0.15) is 168 Å². The van der Waals surface area contributed by atoms with Crippen LogP contribution in [0.2, 0.25) is 0 Å². The third-order valence-electron chi connectivity index (χ3n) is 13.3. The smallest absolute Gasteiger partial charge is 0.348 e. The molecule has 0 fully saturated rings. The Hall–Kier alpha value is -4.08. The fourth-order valence-electron chi connectivity index (χ4n) is 9.55. The summed E-state index contributed by atoms with van der Waals surface area (Å²) >= 11 is 0. The molecule has 10 nitrogen and oxygen atoms in total. The molecule has 4 aliphatic rings. The van der Waals surface area contributed by atoms with Gasteiger partial charge in [0.05, 0.1) is 78.5 Å². The summed E-state index contributed by atoms with van der Waals surface area (Å²) in [6, 6.07) is 8.80. The maximum absolute atomic E-state index is 12.1. The molecule has 4 N–H and O–H groups in total. The highest BCUT2D eigenvalue weighted by molar-refractivity contribution is 6.04. The second-order valence-corrected chi connectivity index (χ2v) is 22.6. The van der Waals surface area contributed by atoms with Crippen molar-refractivity contribution in [2.45, 2.75) is 156 Å². The summed E-state index contributed by atoms with van der Waals surface area (Å²) in [6.45, 7) is 38.2. The molecule has 0 atom stereocenters. The molecule has 0 spiro atoms. The van der Waals surface area contributed by atoms with E-state index in [1.807, 2.05) is 0 Å². The van der Waals surface area contributed by atoms with Crippen molar-refractivity contribution in [3.05, 3.63) is 57.6 Å². The van der Waals surface area contributed by atoms with Gasteiger partial charge in [0, 0.05) is 59.4 Å². The second kappa shape index (κ2) is 19.3. The summed E-state index contributed by atoms with van der Waals surface area (Å²) in [7, 11) is 0. The molecule has 0 bridgehead atoms. The van der Waals surface area contributed by atoms with Gasteiger partial charge in [0.25, 0.3) is 0 Å². The van der Waals surface area contributed by atoms with Crippen LogP contribution in [0.3, 0.4) is 0 Å². The standard InChI is InChI=1S/C52H82N8O2/c1-49(2,3)37-33-39(45(61)41(35-37)51(7,8)9)43(19-13-25-57-29-17-31-59-27-15-21-55-47(57)59)53-23-24-54-44(20-14-26-58-30-18-32-60-28-16-22-56-48(58)60)40-34-38(50(4,5)6)36-42(46(40)62)52(10,11)12/h33-36H,13-32H2,1-12H3,(H2,53,54,61,62)/p+2. The number of rotatable bonds is 13. The van der Waals surface area contributed by atoms with Gasteiger partial charge in [-0.2, -0.15) is 0 Å². The number of nitrogens with one attached hydrogen (secondary N) is 2. The molecule has 2 aromatic carbocycles. The summed E-state index contributed by atoms with van der Waals surface area (Å²) < 4.78 is 5.02. The average molecular weight is 853 g/mol. The summed E-state index contributed by atoms with van der Waals surface area (Å²) in [5.41, 5.74) is 7.27. The lowest BCUT2D eigenvalue weighted by Gasteiger charge is -2.31. The Labute approximate surface area is 375 Å². The first-order valence-electron chi connectivity index (χ1n) is 24.2. The number of aromatic hydroxyl groups is 2. The Kier molecular flexibility index (Phi) is 14.8. The van der Waals surface area contributed by atoms with Crippen molar-refractivity contribution in [2.75, 3.05) is 78.5 Å². The average Bonchev–Trinajstić information content (AvgIpc) is 3.19. The topological polar surface area (TPSA) is 102 Å². The van der Waals surface area contributed by atoms with Gasteiger partial charge in [-0.05, 0) is 70.6 Å². The fourth-order valence-corrected chi connectivity index (χ4v) is 9.55. The summed E-state index contributed by atoms with van der Waals surface area (Å²) in [5.74, 6) is 3.27. The molecule has 0 saturated carbocycles. The number of guanidine groups is 2. The number of aliphatic imine (C=N–C) groups is 2. The largest absolute Gasteiger partial charge is 0.507 e. The van der Waals surface area contributed by atoms with Gasteiger partial charge in [-0.15, -0.1) is 0 Å². The van der Waals surface area contributed by atoms with Gasteiger partial charge in [-0.1, -0.05) is 95.2 Å². The van der Waals surface area contributed by atoms with Gasteiger partial charge in [0.15, 0.2) is 0 Å². The Morgan fingerprint density at radius 1 is 0.548 bits per heavy atom. The highest BCUT2D eigenvalue weighted by Crippen LogP contribution is 2.40. The van der Waals surface area contributed by atoms with Crippen molar-refractivity contribution in [1.82, 2.24) is 20.4 Å². The van der Waals surface area contributed by atoms with E-state index in [1.54, 1.807) is 0 Å². The molecule has 0 aliphatic carbocycles. The second-order valence-electron chi connectivity index (χ2n) is 22.6. The van der Waals surface area contributed by atoms with Gasteiger partial charge in [0.1, 0.15) is 11.5 Å². The summed E-state index contributed by atoms with van der Waals surface area (Å²) in [5, 5.41) is 31.6. The lowest BCUT2D eigenvalue weighted by molar-refractivity contribution is -0.544. The van der Waals surface area contributed by atoms with Crippen molar-refractivity contribution in [2.24, 2.45) is 9.98 Å². The molecule has 62 heavy (non-hydrogen) atoms. The molecule has 0 aromatic heterocycles. The Balaban J connectivity index is 1.34. The minimum Gasteiger partial charge on any atom is -0.507 e. The lowest BCUT2D eigenvalue weighted by Crippen LogP contribution is -2.55. The van der Waals surface area contributed by atoms with E-state index in [2.05, 4.69) is 137 Å². The number of benzene rings is 2. The van der Waals surface area contributed by atoms with Crippen LogP contribution in [0.5, 0.6) is 11.5 Å². The Bertz CT molecular complexity index is 1880. The first-order valence-corrected chi connectivity index (χ1v) is 24.2. The number of nitrogens with zero attached hydrogens (tertiary/aromatic N) is 6.